The van der Waals surface area contributed by atoms with Gasteiger partial charge >= 0.3 is 101 Å². The normalized spacial score (nSPS) is 28.2. The van der Waals surface area contributed by atoms with E-state index in [2.05, 4.69) is 21.3 Å². The summed E-state index contributed by atoms with van der Waals surface area (Å²) in [6.45, 7) is 9.53. The van der Waals surface area contributed by atoms with Crippen LogP contribution in [0.3, 0.4) is 0 Å². The lowest BCUT2D eigenvalue weighted by atomic mass is 9.95. The van der Waals surface area contributed by atoms with E-state index in [1.807, 2.05) is 0 Å². The maximum absolute atomic E-state index is 15.3. The van der Waals surface area contributed by atoms with Gasteiger partial charge in [-0.3, -0.25) is 101 Å². The number of aliphatic carboxylic acids is 1. The van der Waals surface area contributed by atoms with Crippen molar-refractivity contribution in [3.05, 3.63) is 23.7 Å². The van der Waals surface area contributed by atoms with Crippen molar-refractivity contribution in [1.29, 1.82) is 0 Å². The summed E-state index contributed by atoms with van der Waals surface area (Å²) in [7, 11) is 0. The Labute approximate surface area is 847 Å². The minimum absolute atomic E-state index is 0.0579. The summed E-state index contributed by atoms with van der Waals surface area (Å²) in [4.78, 5) is 271. The van der Waals surface area contributed by atoms with E-state index in [4.69, 9.17) is 156 Å². The second-order valence-electron chi connectivity index (χ2n) is 34.1. The molecule has 0 bridgehead atoms. The molecule has 4 amide bonds. The SMILES string of the molecule is CC(=O)OCC1O[C@@H](OC2C(N)[C@@H](OCCCC[C@H](NC(=O)CN)C(=O)NC(CCCCO[C@H]3OC(COC(C)=O)[C@H](OC(C)=O)C(O[C@@H]4OC(COC(C)=O)[C@H](OC(C)=O)C(OC(C)=O)C4OC(C)=O)C3N)C(=O)N[C@@H](CCCCO[C@H]3OC(COC(C)=O)[C@H](OC(C)=O)C(O[C@@H]4OC(COC(C)=O)C(OC(C)=O)=CC4OC(C)=O)C3N)C(=O)NCC(=O)O)OC(COC(C)=O)[C@@H]2OC(C)=O)C(OC(C)=O)C=C1OC(C)=O. The topological polar surface area (TPSA) is 789 Å². The minimum Gasteiger partial charge on any atom is -0.480 e. The average Bonchev–Trinajstić information content (AvgIpc) is 0.685. The van der Waals surface area contributed by atoms with Crippen molar-refractivity contribution in [3.8, 4) is 0 Å². The van der Waals surface area contributed by atoms with Gasteiger partial charge in [-0.1, -0.05) is 0 Å². The van der Waals surface area contributed by atoms with Crippen LogP contribution in [0.15, 0.2) is 23.7 Å². The summed E-state index contributed by atoms with van der Waals surface area (Å²) in [5, 5.41) is 19.7. The first kappa shape index (κ1) is 124. The molecule has 6 aliphatic heterocycles. The molecule has 58 heteroatoms. The highest BCUT2D eigenvalue weighted by Gasteiger charge is 2.59. The van der Waals surface area contributed by atoms with Crippen LogP contribution in [0, 0.1) is 0 Å². The number of carboxylic acids is 1. The van der Waals surface area contributed by atoms with Gasteiger partial charge in [0, 0.05) is 143 Å². The van der Waals surface area contributed by atoms with Crippen LogP contribution < -0.4 is 44.2 Å². The van der Waals surface area contributed by atoms with Crippen LogP contribution in [0.5, 0.6) is 0 Å². The molecular weight excluding hydrogens is 1990 g/mol. The molecule has 0 aliphatic carbocycles. The van der Waals surface area contributed by atoms with Gasteiger partial charge in [0.25, 0.3) is 0 Å². The molecule has 0 aromatic rings. The molecule has 4 saturated heterocycles. The van der Waals surface area contributed by atoms with E-state index in [9.17, 15) is 96.2 Å². The van der Waals surface area contributed by atoms with E-state index in [0.717, 1.165) is 123 Å². The van der Waals surface area contributed by atoms with E-state index in [0.29, 0.717) is 0 Å². The number of carboxylic acid groups (broad SMARTS) is 1. The first-order chi connectivity index (χ1) is 69.7. The molecule has 0 aromatic heterocycles. The summed E-state index contributed by atoms with van der Waals surface area (Å²) >= 11 is 0. The zero-order valence-electron chi connectivity index (χ0n) is 84.3. The summed E-state index contributed by atoms with van der Waals surface area (Å²) in [6.07, 6.45) is -37.4. The zero-order chi connectivity index (χ0) is 110. The summed E-state index contributed by atoms with van der Waals surface area (Å²) in [5.74, 6) is -20.8. The third-order valence-electron chi connectivity index (χ3n) is 21.6. The Morgan fingerprint density at radius 2 is 0.574 bits per heavy atom. The molecule has 0 saturated carbocycles. The number of amides is 4. The highest BCUT2D eigenvalue weighted by atomic mass is 16.8. The van der Waals surface area contributed by atoms with E-state index < -0.39 is 369 Å². The highest BCUT2D eigenvalue weighted by Crippen LogP contribution is 2.39. The predicted octanol–water partition coefficient (Wildman–Crippen LogP) is -4.63. The number of nitrogens with two attached hydrogens (primary N) is 4. The molecule has 0 spiro atoms. The largest absolute Gasteiger partial charge is 0.480 e. The van der Waals surface area contributed by atoms with Crippen molar-refractivity contribution in [1.82, 2.24) is 21.3 Å². The maximum Gasteiger partial charge on any atom is 0.322 e. The fourth-order valence-corrected chi connectivity index (χ4v) is 15.6. The molecule has 832 valence electrons. The fraction of sp³-hybridized carbons (Fsp3) is 0.722. The standard InChI is InChI=1S/C90H132N8O50/c1-39(99)124-33-62-58(130-45(7)105)29-60(132-47(9)107)85(140-62)146-77-70(92)87(142-64(35-126-41(3)101)73(77)134-49(11)109)121-26-20-17-23-55(82(118)95-32-69(116)117)97-84(120)57(25-19-22-28-123-89-72(94)79(75(136-51(13)111)66(144-89)37-128-43(5)103)148-90-81(139-54(16)114)80(138-53(15)113)76(137-52(14)112)67(145-90)38-129-44(6)104)98-83(119)56(96-68(115)31-91)24-18-21-27-122-88-71(93)78(74(135-50(12)110)65(143-88)36-127-42(4)102)147-86-61(133-48(10)108)30-59(131-46(8)106)63(141-86)34-125-40(2)100/h29-30,55-57,60-67,70-81,85-90H,17-28,31-38,91-94H2,1-16H3,(H,95,118)(H,96,115)(H,97,120)(H,98,119)(H,116,117)/t55-,56-,57?,60?,61?,62?,63?,64?,65?,66?,67?,70?,71?,72?,73-,74-,75-,76-,77?,78?,79?,80?,81?,85-,86-,87-,88-,89-,90-/m0/s1. The lowest BCUT2D eigenvalue weighted by Crippen LogP contribution is -2.68. The van der Waals surface area contributed by atoms with Gasteiger partial charge in [-0.15, -0.1) is 0 Å². The molecule has 13 N–H and O–H groups in total. The van der Waals surface area contributed by atoms with Crippen molar-refractivity contribution >= 4 is 125 Å². The summed E-state index contributed by atoms with van der Waals surface area (Å²) in [5.41, 5.74) is 26.4. The van der Waals surface area contributed by atoms with Gasteiger partial charge in [0.15, 0.2) is 98.8 Å². The number of carbonyl (C=O) groups is 21. The third-order valence-corrected chi connectivity index (χ3v) is 21.6. The predicted molar refractivity (Wildman–Crippen MR) is 479 cm³/mol. The molecule has 6 rings (SSSR count). The smallest absolute Gasteiger partial charge is 0.322 e. The molecule has 4 fully saturated rings. The number of nitrogens with one attached hydrogen (secondary N) is 4. The van der Waals surface area contributed by atoms with E-state index >= 15 is 9.59 Å². The average molecular weight is 2130 g/mol. The minimum atomic E-state index is -2.00. The second-order valence-corrected chi connectivity index (χ2v) is 34.1. The van der Waals surface area contributed by atoms with Gasteiger partial charge < -0.3 is 182 Å². The first-order valence-electron chi connectivity index (χ1n) is 46.8. The molecule has 0 radical (unpaired) electrons. The second kappa shape index (κ2) is 61.6. The van der Waals surface area contributed by atoms with Crippen molar-refractivity contribution in [2.75, 3.05) is 72.6 Å². The lowest BCUT2D eigenvalue weighted by Gasteiger charge is -2.48. The van der Waals surface area contributed by atoms with Crippen LogP contribution in [-0.2, 0) is 233 Å². The Morgan fingerprint density at radius 3 is 0.865 bits per heavy atom. The van der Waals surface area contributed by atoms with Gasteiger partial charge in [0.1, 0.15) is 119 Å². The molecule has 6 aliphatic rings. The van der Waals surface area contributed by atoms with E-state index in [-0.39, 0.29) is 76.1 Å². The van der Waals surface area contributed by atoms with Crippen molar-refractivity contribution in [2.45, 2.75) is 346 Å². The fourth-order valence-electron chi connectivity index (χ4n) is 15.6. The number of unbranched alkanes of at least 4 members (excludes halogenated alkanes) is 3. The maximum atomic E-state index is 15.3. The van der Waals surface area contributed by atoms with Gasteiger partial charge in [-0.05, 0) is 57.8 Å². The van der Waals surface area contributed by atoms with Crippen LogP contribution in [-0.4, -0.2) is 381 Å². The molecule has 148 heavy (non-hydrogen) atoms. The summed E-state index contributed by atoms with van der Waals surface area (Å²) < 4.78 is 162. The van der Waals surface area contributed by atoms with Crippen LogP contribution in [0.4, 0.5) is 0 Å². The molecule has 58 nitrogen and oxygen atoms in total. The molecule has 6 heterocycles. The highest BCUT2D eigenvalue weighted by molar-refractivity contribution is 5.95. The number of hydrogen-bond donors (Lipinski definition) is 9. The number of ether oxygens (including phenoxy) is 28. The van der Waals surface area contributed by atoms with Gasteiger partial charge in [0.05, 0.1) is 24.7 Å². The van der Waals surface area contributed by atoms with Crippen LogP contribution in [0.25, 0.3) is 0 Å². The van der Waals surface area contributed by atoms with Crippen LogP contribution in [0.1, 0.15) is 169 Å². The van der Waals surface area contributed by atoms with Crippen molar-refractivity contribution < 1.29 is 238 Å². The lowest BCUT2D eigenvalue weighted by molar-refractivity contribution is -0.345. The number of esters is 16. The molecular formula is C90H132N8O50. The van der Waals surface area contributed by atoms with Gasteiger partial charge in [-0.2, -0.15) is 0 Å². The third kappa shape index (κ3) is 42.0. The molecule has 29 atom stereocenters. The Bertz CT molecular complexity index is 4650. The Morgan fingerprint density at radius 1 is 0.304 bits per heavy atom. The first-order valence-corrected chi connectivity index (χ1v) is 46.8. The van der Waals surface area contributed by atoms with Gasteiger partial charge in [0.2, 0.25) is 23.6 Å². The van der Waals surface area contributed by atoms with E-state index in [1.165, 1.54) is 0 Å². The van der Waals surface area contributed by atoms with E-state index in [1.54, 1.807) is 0 Å². The quantitative estimate of drug-likeness (QED) is 0.0157. The Balaban J connectivity index is 1.35. The van der Waals surface area contributed by atoms with Crippen molar-refractivity contribution in [2.24, 2.45) is 22.9 Å². The Hall–Kier alpha value is -12.3. The number of hydrogen-bond acceptors (Lipinski definition) is 53. The number of rotatable bonds is 55. The monoisotopic (exact) mass is 2120 g/mol. The van der Waals surface area contributed by atoms with Crippen molar-refractivity contribution in [3.63, 3.8) is 0 Å². The number of carbonyl (C=O) groups excluding carboxylic acids is 20. The molecule has 17 unspecified atom stereocenters. The van der Waals surface area contributed by atoms with Gasteiger partial charge in [-0.25, -0.2) is 0 Å². The molecule has 0 aromatic carbocycles. The summed E-state index contributed by atoms with van der Waals surface area (Å²) in [6, 6.07) is -9.83. The van der Waals surface area contributed by atoms with Crippen LogP contribution in [0.2, 0.25) is 0 Å². The zero-order valence-corrected chi connectivity index (χ0v) is 84.3. The van der Waals surface area contributed by atoms with Crippen LogP contribution >= 0.6 is 0 Å². The Kier molecular flexibility index (Phi) is 51.8.